The topological polar surface area (TPSA) is 72.2 Å². The summed E-state index contributed by atoms with van der Waals surface area (Å²) >= 11 is 1.48. The number of rotatable bonds is 4. The van der Waals surface area contributed by atoms with Crippen LogP contribution in [0.2, 0.25) is 0 Å². The summed E-state index contributed by atoms with van der Waals surface area (Å²) in [6, 6.07) is 14.0. The van der Waals surface area contributed by atoms with Crippen LogP contribution in [0.4, 0.5) is 0 Å². The van der Waals surface area contributed by atoms with Crippen molar-refractivity contribution in [2.45, 2.75) is 26.8 Å². The van der Waals surface area contributed by atoms with E-state index in [1.165, 1.54) is 15.9 Å². The molecule has 0 atom stereocenters. The average Bonchev–Trinajstić information content (AvgIpc) is 2.92. The fourth-order valence-corrected chi connectivity index (χ4v) is 4.46. The van der Waals surface area contributed by atoms with Crippen LogP contribution in [0.3, 0.4) is 0 Å². The smallest absolute Gasteiger partial charge is 0.323 e. The molecule has 6 heteroatoms. The molecule has 4 aromatic rings. The molecule has 0 radical (unpaired) electrons. The Kier molecular flexibility index (Phi) is 4.28. The summed E-state index contributed by atoms with van der Waals surface area (Å²) in [5.41, 5.74) is 1.62. The molecule has 4 rings (SSSR count). The van der Waals surface area contributed by atoms with Gasteiger partial charge in [-0.25, -0.2) is 4.98 Å². The first-order valence-corrected chi connectivity index (χ1v) is 9.45. The van der Waals surface area contributed by atoms with Crippen molar-refractivity contribution >= 4 is 38.3 Å². The highest BCUT2D eigenvalue weighted by atomic mass is 32.1. The van der Waals surface area contributed by atoms with E-state index in [1.54, 1.807) is 0 Å². The van der Waals surface area contributed by atoms with Crippen LogP contribution < -0.4 is 5.56 Å². The molecule has 0 unspecified atom stereocenters. The van der Waals surface area contributed by atoms with E-state index in [0.717, 1.165) is 26.8 Å². The number of fused-ring (bicyclic) bond motifs is 2. The molecule has 0 fully saturated rings. The Bertz CT molecular complexity index is 1250. The SMILES string of the molecule is Cc1sc2nc(Cc3cccc4ccccc34)n(CC(=O)O)c(=O)c2c1C. The van der Waals surface area contributed by atoms with Crippen molar-refractivity contribution in [1.82, 2.24) is 9.55 Å². The molecule has 136 valence electrons. The molecule has 0 bridgehead atoms. The van der Waals surface area contributed by atoms with Crippen LogP contribution in [0.5, 0.6) is 0 Å². The number of carboxylic acid groups (broad SMARTS) is 1. The van der Waals surface area contributed by atoms with Crippen LogP contribution in [-0.2, 0) is 17.8 Å². The van der Waals surface area contributed by atoms with Gasteiger partial charge in [-0.2, -0.15) is 0 Å². The lowest BCUT2D eigenvalue weighted by Gasteiger charge is -2.12. The lowest BCUT2D eigenvalue weighted by molar-refractivity contribution is -0.137. The molecule has 0 amide bonds. The Morgan fingerprint density at radius 2 is 1.89 bits per heavy atom. The largest absolute Gasteiger partial charge is 0.480 e. The molecule has 0 saturated heterocycles. The molecule has 2 aromatic heterocycles. The monoisotopic (exact) mass is 378 g/mol. The van der Waals surface area contributed by atoms with Crippen molar-refractivity contribution in [3.63, 3.8) is 0 Å². The zero-order valence-electron chi connectivity index (χ0n) is 15.0. The molecular formula is C21H18N2O3S. The molecular weight excluding hydrogens is 360 g/mol. The lowest BCUT2D eigenvalue weighted by atomic mass is 10.0. The summed E-state index contributed by atoms with van der Waals surface area (Å²) in [5.74, 6) is -0.575. The van der Waals surface area contributed by atoms with Gasteiger partial charge in [0, 0.05) is 11.3 Å². The molecule has 0 aliphatic carbocycles. The number of aliphatic carboxylic acids is 1. The molecule has 1 N–H and O–H groups in total. The normalized spacial score (nSPS) is 11.3. The van der Waals surface area contributed by atoms with Gasteiger partial charge in [-0.15, -0.1) is 11.3 Å². The highest BCUT2D eigenvalue weighted by Gasteiger charge is 2.18. The highest BCUT2D eigenvalue weighted by Crippen LogP contribution is 2.27. The van der Waals surface area contributed by atoms with Gasteiger partial charge in [0.25, 0.3) is 5.56 Å². The number of hydrogen-bond donors (Lipinski definition) is 1. The highest BCUT2D eigenvalue weighted by molar-refractivity contribution is 7.18. The van der Waals surface area contributed by atoms with Gasteiger partial charge >= 0.3 is 5.97 Å². The number of carboxylic acids is 1. The number of hydrogen-bond acceptors (Lipinski definition) is 4. The summed E-state index contributed by atoms with van der Waals surface area (Å²) in [4.78, 5) is 30.8. The Hall–Kier alpha value is -2.99. The Labute approximate surface area is 159 Å². The van der Waals surface area contributed by atoms with E-state index in [1.807, 2.05) is 56.3 Å². The average molecular weight is 378 g/mol. The first-order chi connectivity index (χ1) is 13.0. The van der Waals surface area contributed by atoms with Crippen LogP contribution in [0.25, 0.3) is 21.0 Å². The van der Waals surface area contributed by atoms with Crippen molar-refractivity contribution in [2.75, 3.05) is 0 Å². The second-order valence-corrected chi connectivity index (χ2v) is 7.79. The first kappa shape index (κ1) is 17.4. The van der Waals surface area contributed by atoms with Gasteiger partial charge in [0.15, 0.2) is 0 Å². The minimum absolute atomic E-state index is 0.278. The van der Waals surface area contributed by atoms with E-state index in [4.69, 9.17) is 4.98 Å². The van der Waals surface area contributed by atoms with Crippen LogP contribution >= 0.6 is 11.3 Å². The third-order valence-corrected chi connectivity index (χ3v) is 5.99. The fourth-order valence-electron chi connectivity index (χ4n) is 3.42. The number of aryl methyl sites for hydroxylation is 2. The summed E-state index contributed by atoms with van der Waals surface area (Å²) in [5, 5.41) is 12.0. The Morgan fingerprint density at radius 1 is 1.15 bits per heavy atom. The molecule has 0 aliphatic rings. The minimum Gasteiger partial charge on any atom is -0.480 e. The molecule has 0 aliphatic heterocycles. The zero-order chi connectivity index (χ0) is 19.1. The fraction of sp³-hybridized carbons (Fsp3) is 0.190. The van der Waals surface area contributed by atoms with Crippen molar-refractivity contribution in [3.05, 3.63) is 74.6 Å². The van der Waals surface area contributed by atoms with Gasteiger partial charge in [0.1, 0.15) is 17.2 Å². The second-order valence-electron chi connectivity index (χ2n) is 6.59. The zero-order valence-corrected chi connectivity index (χ0v) is 15.8. The van der Waals surface area contributed by atoms with Crippen LogP contribution in [-0.4, -0.2) is 20.6 Å². The van der Waals surface area contributed by atoms with E-state index in [-0.39, 0.29) is 5.56 Å². The number of aromatic nitrogens is 2. The maximum Gasteiger partial charge on any atom is 0.323 e. The number of nitrogens with zero attached hydrogens (tertiary/aromatic N) is 2. The Balaban J connectivity index is 1.94. The third-order valence-electron chi connectivity index (χ3n) is 4.89. The van der Waals surface area contributed by atoms with Gasteiger partial charge in [0.2, 0.25) is 0 Å². The van der Waals surface area contributed by atoms with E-state index in [9.17, 15) is 14.7 Å². The van der Waals surface area contributed by atoms with Gasteiger partial charge in [-0.3, -0.25) is 14.2 Å². The standard InChI is InChI=1S/C21H18N2O3S/c1-12-13(2)27-20-19(12)21(26)23(11-18(24)25)17(22-20)10-15-8-5-7-14-6-3-4-9-16(14)15/h3-9H,10-11H2,1-2H3,(H,24,25). The summed E-state index contributed by atoms with van der Waals surface area (Å²) in [6.07, 6.45) is 0.399. The molecule has 27 heavy (non-hydrogen) atoms. The van der Waals surface area contributed by atoms with Gasteiger partial charge in [-0.05, 0) is 35.7 Å². The van der Waals surface area contributed by atoms with Gasteiger partial charge < -0.3 is 5.11 Å². The Morgan fingerprint density at radius 3 is 2.67 bits per heavy atom. The van der Waals surface area contributed by atoms with Crippen molar-refractivity contribution in [2.24, 2.45) is 0 Å². The van der Waals surface area contributed by atoms with Gasteiger partial charge in [-0.1, -0.05) is 42.5 Å². The number of benzene rings is 2. The van der Waals surface area contributed by atoms with E-state index in [0.29, 0.717) is 22.5 Å². The molecule has 0 saturated carbocycles. The quantitative estimate of drug-likeness (QED) is 0.584. The molecule has 0 spiro atoms. The van der Waals surface area contributed by atoms with Gasteiger partial charge in [0.05, 0.1) is 5.39 Å². The van der Waals surface area contributed by atoms with E-state index >= 15 is 0 Å². The van der Waals surface area contributed by atoms with Crippen molar-refractivity contribution in [3.8, 4) is 0 Å². The molecule has 2 heterocycles. The van der Waals surface area contributed by atoms with Crippen molar-refractivity contribution in [1.29, 1.82) is 0 Å². The predicted molar refractivity (Wildman–Crippen MR) is 108 cm³/mol. The third kappa shape index (κ3) is 3.02. The predicted octanol–water partition coefficient (Wildman–Crippen LogP) is 3.90. The first-order valence-electron chi connectivity index (χ1n) is 8.63. The minimum atomic E-state index is -1.05. The second kappa shape index (κ2) is 6.63. The van der Waals surface area contributed by atoms with E-state index in [2.05, 4.69) is 0 Å². The molecule has 5 nitrogen and oxygen atoms in total. The summed E-state index contributed by atoms with van der Waals surface area (Å²) in [7, 11) is 0. The maximum absolute atomic E-state index is 13.0. The van der Waals surface area contributed by atoms with Crippen LogP contribution in [0.1, 0.15) is 21.8 Å². The summed E-state index contributed by atoms with van der Waals surface area (Å²) < 4.78 is 1.30. The number of carbonyl (C=O) groups is 1. The summed E-state index contributed by atoms with van der Waals surface area (Å²) in [6.45, 7) is 3.44. The van der Waals surface area contributed by atoms with Crippen LogP contribution in [0.15, 0.2) is 47.3 Å². The van der Waals surface area contributed by atoms with E-state index < -0.39 is 12.5 Å². The molecule has 2 aromatic carbocycles. The lowest BCUT2D eigenvalue weighted by Crippen LogP contribution is -2.28. The number of thiophene rings is 1. The van der Waals surface area contributed by atoms with Crippen molar-refractivity contribution < 1.29 is 9.90 Å². The van der Waals surface area contributed by atoms with Crippen LogP contribution in [0, 0.1) is 13.8 Å². The maximum atomic E-state index is 13.0.